The molecule has 0 radical (unpaired) electrons. The van der Waals surface area contributed by atoms with E-state index >= 15 is 0 Å². The zero-order valence-electron chi connectivity index (χ0n) is 16.4. The molecule has 0 bridgehead atoms. The summed E-state index contributed by atoms with van der Waals surface area (Å²) in [7, 11) is 0. The van der Waals surface area contributed by atoms with E-state index in [9.17, 15) is 9.59 Å². The molecule has 1 aliphatic rings. The van der Waals surface area contributed by atoms with Crippen molar-refractivity contribution < 1.29 is 9.59 Å². The Bertz CT molecular complexity index is 800. The van der Waals surface area contributed by atoms with Crippen molar-refractivity contribution in [1.29, 1.82) is 0 Å². The lowest BCUT2D eigenvalue weighted by atomic mass is 10.1. The molecule has 1 fully saturated rings. The molecular weight excluding hydrogens is 370 g/mol. The van der Waals surface area contributed by atoms with Crippen molar-refractivity contribution in [3.8, 4) is 0 Å². The fraction of sp³-hybridized carbons (Fsp3) is 0.364. The van der Waals surface area contributed by atoms with E-state index < -0.39 is 0 Å². The van der Waals surface area contributed by atoms with Gasteiger partial charge in [-0.15, -0.1) is 11.8 Å². The summed E-state index contributed by atoms with van der Waals surface area (Å²) in [4.78, 5) is 27.0. The Morgan fingerprint density at radius 2 is 1.46 bits per heavy atom. The first kappa shape index (κ1) is 20.3. The second kappa shape index (κ2) is 9.64. The quantitative estimate of drug-likeness (QED) is 0.690. The van der Waals surface area contributed by atoms with Crippen LogP contribution in [0.1, 0.15) is 33.1 Å². The Balaban J connectivity index is 1.52. The predicted octanol–water partition coefficient (Wildman–Crippen LogP) is 4.75. The number of hydrogen-bond donors (Lipinski definition) is 2. The van der Waals surface area contributed by atoms with Crippen LogP contribution in [0.5, 0.6) is 0 Å². The molecule has 2 amide bonds. The maximum absolute atomic E-state index is 12.5. The highest BCUT2D eigenvalue weighted by Crippen LogP contribution is 2.26. The standard InChI is InChI=1S/C22H27N3O2S/c1-16(28-21-12-8-18(9-13-21)23-17(2)26)22(27)24-19-6-10-20(11-7-19)25-14-4-3-5-15-25/h6-13,16H,3-5,14-15H2,1-2H3,(H,23,26)(H,24,27). The maximum atomic E-state index is 12.5. The van der Waals surface area contributed by atoms with Crippen LogP contribution < -0.4 is 15.5 Å². The van der Waals surface area contributed by atoms with Gasteiger partial charge in [0.15, 0.2) is 0 Å². The number of nitrogens with one attached hydrogen (secondary N) is 2. The van der Waals surface area contributed by atoms with E-state index in [2.05, 4.69) is 27.7 Å². The molecule has 5 nitrogen and oxygen atoms in total. The maximum Gasteiger partial charge on any atom is 0.237 e. The molecule has 1 saturated heterocycles. The molecule has 0 aromatic heterocycles. The van der Waals surface area contributed by atoms with E-state index in [1.54, 1.807) is 0 Å². The summed E-state index contributed by atoms with van der Waals surface area (Å²) in [5, 5.41) is 5.50. The topological polar surface area (TPSA) is 61.4 Å². The van der Waals surface area contributed by atoms with E-state index in [0.29, 0.717) is 0 Å². The number of anilines is 3. The van der Waals surface area contributed by atoms with Gasteiger partial charge in [0.2, 0.25) is 11.8 Å². The van der Waals surface area contributed by atoms with Gasteiger partial charge in [0.05, 0.1) is 5.25 Å². The molecule has 1 unspecified atom stereocenters. The summed E-state index contributed by atoms with van der Waals surface area (Å²) in [6, 6.07) is 15.6. The van der Waals surface area contributed by atoms with Crippen molar-refractivity contribution in [3.63, 3.8) is 0 Å². The first-order valence-electron chi connectivity index (χ1n) is 9.71. The summed E-state index contributed by atoms with van der Waals surface area (Å²) >= 11 is 1.49. The van der Waals surface area contributed by atoms with Gasteiger partial charge in [-0.2, -0.15) is 0 Å². The third kappa shape index (κ3) is 5.76. The van der Waals surface area contributed by atoms with E-state index in [-0.39, 0.29) is 17.1 Å². The number of piperidine rings is 1. The van der Waals surface area contributed by atoms with Crippen LogP contribution in [0.25, 0.3) is 0 Å². The molecule has 148 valence electrons. The lowest BCUT2D eigenvalue weighted by Crippen LogP contribution is -2.29. The molecule has 28 heavy (non-hydrogen) atoms. The number of rotatable bonds is 6. The van der Waals surface area contributed by atoms with Gasteiger partial charge in [0.25, 0.3) is 0 Å². The van der Waals surface area contributed by atoms with Gasteiger partial charge in [0, 0.05) is 42.0 Å². The molecule has 2 N–H and O–H groups in total. The average Bonchev–Trinajstić information content (AvgIpc) is 2.70. The second-order valence-corrected chi connectivity index (χ2v) is 8.46. The Morgan fingerprint density at radius 1 is 0.893 bits per heavy atom. The molecule has 2 aromatic rings. The Kier molecular flexibility index (Phi) is 6.98. The zero-order valence-corrected chi connectivity index (χ0v) is 17.2. The van der Waals surface area contributed by atoms with Crippen LogP contribution in [0, 0.1) is 0 Å². The molecule has 0 saturated carbocycles. The molecule has 6 heteroatoms. The zero-order chi connectivity index (χ0) is 19.9. The number of amides is 2. The van der Waals surface area contributed by atoms with Gasteiger partial charge in [-0.1, -0.05) is 0 Å². The molecule has 1 aliphatic heterocycles. The van der Waals surface area contributed by atoms with Crippen LogP contribution in [0.3, 0.4) is 0 Å². The van der Waals surface area contributed by atoms with Gasteiger partial charge in [-0.25, -0.2) is 0 Å². The van der Waals surface area contributed by atoms with Gasteiger partial charge >= 0.3 is 0 Å². The minimum absolute atomic E-state index is 0.0262. The fourth-order valence-corrected chi connectivity index (χ4v) is 4.10. The van der Waals surface area contributed by atoms with Gasteiger partial charge in [-0.05, 0) is 74.7 Å². The van der Waals surface area contributed by atoms with E-state index in [1.165, 1.54) is 43.6 Å². The first-order chi connectivity index (χ1) is 13.5. The van der Waals surface area contributed by atoms with Crippen LogP contribution in [0.2, 0.25) is 0 Å². The molecule has 1 heterocycles. The monoisotopic (exact) mass is 397 g/mol. The summed E-state index contributed by atoms with van der Waals surface area (Å²) < 4.78 is 0. The van der Waals surface area contributed by atoms with Crippen molar-refractivity contribution in [1.82, 2.24) is 0 Å². The Morgan fingerprint density at radius 3 is 2.07 bits per heavy atom. The minimum Gasteiger partial charge on any atom is -0.372 e. The van der Waals surface area contributed by atoms with Crippen molar-refractivity contribution in [3.05, 3.63) is 48.5 Å². The highest BCUT2D eigenvalue weighted by Gasteiger charge is 2.15. The molecule has 0 aliphatic carbocycles. The number of benzene rings is 2. The van der Waals surface area contributed by atoms with Crippen LogP contribution in [-0.2, 0) is 9.59 Å². The highest BCUT2D eigenvalue weighted by atomic mass is 32.2. The lowest BCUT2D eigenvalue weighted by Gasteiger charge is -2.28. The highest BCUT2D eigenvalue weighted by molar-refractivity contribution is 8.00. The number of carbonyl (C=O) groups is 2. The van der Waals surface area contributed by atoms with Crippen LogP contribution in [0.15, 0.2) is 53.4 Å². The number of nitrogens with zero attached hydrogens (tertiary/aromatic N) is 1. The average molecular weight is 398 g/mol. The molecule has 0 spiro atoms. The third-order valence-corrected chi connectivity index (χ3v) is 5.82. The van der Waals surface area contributed by atoms with Gasteiger partial charge < -0.3 is 15.5 Å². The molecule has 3 rings (SSSR count). The first-order valence-corrected chi connectivity index (χ1v) is 10.6. The van der Waals surface area contributed by atoms with Crippen molar-refractivity contribution in [2.45, 2.75) is 43.3 Å². The van der Waals surface area contributed by atoms with E-state index in [1.807, 2.05) is 43.3 Å². The van der Waals surface area contributed by atoms with Crippen LogP contribution >= 0.6 is 11.8 Å². The van der Waals surface area contributed by atoms with E-state index in [4.69, 9.17) is 0 Å². The van der Waals surface area contributed by atoms with Crippen molar-refractivity contribution in [2.24, 2.45) is 0 Å². The van der Waals surface area contributed by atoms with Gasteiger partial charge in [-0.3, -0.25) is 9.59 Å². The van der Waals surface area contributed by atoms with Crippen LogP contribution in [0.4, 0.5) is 17.1 Å². The van der Waals surface area contributed by atoms with Crippen molar-refractivity contribution in [2.75, 3.05) is 28.6 Å². The fourth-order valence-electron chi connectivity index (χ4n) is 3.23. The Labute approximate surface area is 170 Å². The number of carbonyl (C=O) groups excluding carboxylic acids is 2. The predicted molar refractivity (Wildman–Crippen MR) is 117 cm³/mol. The molecule has 1 atom stereocenters. The van der Waals surface area contributed by atoms with Gasteiger partial charge in [0.1, 0.15) is 0 Å². The minimum atomic E-state index is -0.228. The summed E-state index contributed by atoms with van der Waals surface area (Å²) in [5.41, 5.74) is 2.79. The smallest absolute Gasteiger partial charge is 0.237 e. The number of hydrogen-bond acceptors (Lipinski definition) is 4. The Hall–Kier alpha value is -2.47. The third-order valence-electron chi connectivity index (χ3n) is 4.71. The largest absolute Gasteiger partial charge is 0.372 e. The molecule has 2 aromatic carbocycles. The molecular formula is C22H27N3O2S. The van der Waals surface area contributed by atoms with Crippen LogP contribution in [-0.4, -0.2) is 30.2 Å². The normalized spacial score (nSPS) is 15.0. The lowest BCUT2D eigenvalue weighted by molar-refractivity contribution is -0.115. The summed E-state index contributed by atoms with van der Waals surface area (Å²) in [6.07, 6.45) is 3.81. The van der Waals surface area contributed by atoms with Crippen molar-refractivity contribution >= 4 is 40.6 Å². The number of thioether (sulfide) groups is 1. The SMILES string of the molecule is CC(=O)Nc1ccc(SC(C)C(=O)Nc2ccc(N3CCCCC3)cc2)cc1. The summed E-state index contributed by atoms with van der Waals surface area (Å²) in [5.74, 6) is -0.124. The van der Waals surface area contributed by atoms with E-state index in [0.717, 1.165) is 29.4 Å². The summed E-state index contributed by atoms with van der Waals surface area (Å²) in [6.45, 7) is 5.60. The second-order valence-electron chi connectivity index (χ2n) is 7.05.